The first kappa shape index (κ1) is 14.4. The lowest BCUT2D eigenvalue weighted by Gasteiger charge is -2.23. The van der Waals surface area contributed by atoms with E-state index in [4.69, 9.17) is 0 Å². The molecule has 0 fully saturated rings. The molecule has 1 unspecified atom stereocenters. The van der Waals surface area contributed by atoms with Crippen LogP contribution < -0.4 is 0 Å². The zero-order valence-electron chi connectivity index (χ0n) is 11.3. The molecule has 0 saturated heterocycles. The van der Waals surface area contributed by atoms with Crippen molar-refractivity contribution in [2.75, 3.05) is 0 Å². The van der Waals surface area contributed by atoms with Crippen molar-refractivity contribution in [2.45, 2.75) is 27.2 Å². The minimum Gasteiger partial charge on any atom is -0.298 e. The Kier molecular flexibility index (Phi) is 4.60. The SMILES string of the molecule is C=CCC(C(=O)c1ccccc1)C(=O)C(C)(C)C. The Morgan fingerprint density at radius 3 is 2.22 bits per heavy atom. The van der Waals surface area contributed by atoms with Crippen LogP contribution in [0.4, 0.5) is 0 Å². The Labute approximate surface area is 109 Å². The Morgan fingerprint density at radius 1 is 1.22 bits per heavy atom. The van der Waals surface area contributed by atoms with Crippen molar-refractivity contribution in [3.63, 3.8) is 0 Å². The summed E-state index contributed by atoms with van der Waals surface area (Å²) in [6, 6.07) is 8.95. The van der Waals surface area contributed by atoms with Gasteiger partial charge in [0.2, 0.25) is 0 Å². The van der Waals surface area contributed by atoms with Gasteiger partial charge < -0.3 is 0 Å². The number of carbonyl (C=O) groups excluding carboxylic acids is 2. The van der Waals surface area contributed by atoms with E-state index in [1.807, 2.05) is 26.8 Å². The monoisotopic (exact) mass is 244 g/mol. The predicted molar refractivity (Wildman–Crippen MR) is 73.5 cm³/mol. The Morgan fingerprint density at radius 2 is 1.78 bits per heavy atom. The lowest BCUT2D eigenvalue weighted by Crippen LogP contribution is -2.33. The van der Waals surface area contributed by atoms with E-state index in [9.17, 15) is 9.59 Å². The fraction of sp³-hybridized carbons (Fsp3) is 0.375. The quantitative estimate of drug-likeness (QED) is 0.450. The Balaban J connectivity index is 3.03. The molecule has 0 radical (unpaired) electrons. The van der Waals surface area contributed by atoms with Gasteiger partial charge in [0.1, 0.15) is 5.78 Å². The van der Waals surface area contributed by atoms with E-state index in [0.29, 0.717) is 12.0 Å². The molecule has 0 saturated carbocycles. The number of carbonyl (C=O) groups is 2. The van der Waals surface area contributed by atoms with Crippen LogP contribution in [-0.2, 0) is 4.79 Å². The van der Waals surface area contributed by atoms with Gasteiger partial charge in [0.15, 0.2) is 5.78 Å². The molecule has 0 spiro atoms. The first-order chi connectivity index (χ1) is 8.38. The molecule has 2 nitrogen and oxygen atoms in total. The summed E-state index contributed by atoms with van der Waals surface area (Å²) in [5.41, 5.74) is 0.0694. The third-order valence-corrected chi connectivity index (χ3v) is 2.83. The largest absolute Gasteiger partial charge is 0.298 e. The van der Waals surface area contributed by atoms with Crippen LogP contribution in [0.2, 0.25) is 0 Å². The topological polar surface area (TPSA) is 34.1 Å². The van der Waals surface area contributed by atoms with Gasteiger partial charge in [0, 0.05) is 11.0 Å². The number of rotatable bonds is 5. The van der Waals surface area contributed by atoms with Crippen molar-refractivity contribution in [1.82, 2.24) is 0 Å². The number of hydrogen-bond donors (Lipinski definition) is 0. The molecule has 96 valence electrons. The van der Waals surface area contributed by atoms with Crippen molar-refractivity contribution in [3.05, 3.63) is 48.6 Å². The third-order valence-electron chi connectivity index (χ3n) is 2.83. The highest BCUT2D eigenvalue weighted by molar-refractivity contribution is 6.12. The highest BCUT2D eigenvalue weighted by atomic mass is 16.2. The second kappa shape index (κ2) is 5.76. The first-order valence-electron chi connectivity index (χ1n) is 6.12. The van der Waals surface area contributed by atoms with Gasteiger partial charge >= 0.3 is 0 Å². The maximum absolute atomic E-state index is 12.4. The van der Waals surface area contributed by atoms with Gasteiger partial charge in [-0.1, -0.05) is 57.2 Å². The molecule has 0 aliphatic carbocycles. The lowest BCUT2D eigenvalue weighted by molar-refractivity contribution is -0.128. The molecule has 0 N–H and O–H groups in total. The fourth-order valence-electron chi connectivity index (χ4n) is 1.83. The number of Topliss-reactive ketones (excluding diaryl/α,β-unsaturated/α-hetero) is 2. The molecule has 0 aliphatic rings. The van der Waals surface area contributed by atoms with Crippen molar-refractivity contribution in [2.24, 2.45) is 11.3 Å². The highest BCUT2D eigenvalue weighted by Crippen LogP contribution is 2.25. The summed E-state index contributed by atoms with van der Waals surface area (Å²) in [4.78, 5) is 24.7. The molecule has 1 atom stereocenters. The Hall–Kier alpha value is -1.70. The van der Waals surface area contributed by atoms with Gasteiger partial charge in [0.05, 0.1) is 5.92 Å². The average Bonchev–Trinajstić information content (AvgIpc) is 2.34. The summed E-state index contributed by atoms with van der Waals surface area (Å²) < 4.78 is 0. The molecular formula is C16H20O2. The van der Waals surface area contributed by atoms with Crippen LogP contribution in [-0.4, -0.2) is 11.6 Å². The molecule has 2 heteroatoms. The zero-order valence-corrected chi connectivity index (χ0v) is 11.3. The normalized spacial score (nSPS) is 12.8. The van der Waals surface area contributed by atoms with Crippen molar-refractivity contribution < 1.29 is 9.59 Å². The van der Waals surface area contributed by atoms with Gasteiger partial charge in [0.25, 0.3) is 0 Å². The summed E-state index contributed by atoms with van der Waals surface area (Å²) in [5.74, 6) is -0.767. The minimum atomic E-state index is -0.620. The maximum atomic E-state index is 12.4. The molecular weight excluding hydrogens is 224 g/mol. The van der Waals surface area contributed by atoms with Crippen LogP contribution in [0, 0.1) is 11.3 Å². The molecule has 0 amide bonds. The van der Waals surface area contributed by atoms with Crippen LogP contribution in [0.3, 0.4) is 0 Å². The van der Waals surface area contributed by atoms with Crippen LogP contribution >= 0.6 is 0 Å². The van der Waals surface area contributed by atoms with Gasteiger partial charge in [-0.2, -0.15) is 0 Å². The zero-order chi connectivity index (χ0) is 13.8. The molecule has 1 rings (SSSR count). The molecule has 1 aromatic carbocycles. The smallest absolute Gasteiger partial charge is 0.173 e. The molecule has 0 bridgehead atoms. The van der Waals surface area contributed by atoms with E-state index < -0.39 is 11.3 Å². The number of ketones is 2. The molecule has 0 heterocycles. The van der Waals surface area contributed by atoms with E-state index in [-0.39, 0.29) is 11.6 Å². The van der Waals surface area contributed by atoms with Crippen LogP contribution in [0.15, 0.2) is 43.0 Å². The standard InChI is InChI=1S/C16H20O2/c1-5-9-13(15(18)16(2,3)4)14(17)12-10-7-6-8-11-12/h5-8,10-11,13H,1,9H2,2-4H3. The van der Waals surface area contributed by atoms with Gasteiger partial charge in [-0.25, -0.2) is 0 Å². The van der Waals surface area contributed by atoms with E-state index in [0.717, 1.165) is 0 Å². The average molecular weight is 244 g/mol. The minimum absolute atomic E-state index is 0.0312. The number of hydrogen-bond acceptors (Lipinski definition) is 2. The maximum Gasteiger partial charge on any atom is 0.173 e. The van der Waals surface area contributed by atoms with Crippen LogP contribution in [0.1, 0.15) is 37.6 Å². The van der Waals surface area contributed by atoms with Crippen LogP contribution in [0.25, 0.3) is 0 Å². The predicted octanol–water partition coefficient (Wildman–Crippen LogP) is 3.68. The molecule has 0 aliphatic heterocycles. The molecule has 18 heavy (non-hydrogen) atoms. The van der Waals surface area contributed by atoms with Gasteiger partial charge in [-0.05, 0) is 6.42 Å². The first-order valence-corrected chi connectivity index (χ1v) is 6.12. The van der Waals surface area contributed by atoms with Gasteiger partial charge in [-0.3, -0.25) is 9.59 Å². The van der Waals surface area contributed by atoms with Crippen molar-refractivity contribution in [1.29, 1.82) is 0 Å². The lowest BCUT2D eigenvalue weighted by atomic mass is 9.78. The van der Waals surface area contributed by atoms with E-state index in [1.165, 1.54) is 0 Å². The van der Waals surface area contributed by atoms with E-state index in [1.54, 1.807) is 30.3 Å². The van der Waals surface area contributed by atoms with Crippen LogP contribution in [0.5, 0.6) is 0 Å². The summed E-state index contributed by atoms with van der Waals surface area (Å²) in [7, 11) is 0. The summed E-state index contributed by atoms with van der Waals surface area (Å²) >= 11 is 0. The van der Waals surface area contributed by atoms with Gasteiger partial charge in [-0.15, -0.1) is 6.58 Å². The van der Waals surface area contributed by atoms with Crippen molar-refractivity contribution in [3.8, 4) is 0 Å². The second-order valence-corrected chi connectivity index (χ2v) is 5.42. The number of allylic oxidation sites excluding steroid dienone is 1. The molecule has 1 aromatic rings. The fourth-order valence-corrected chi connectivity index (χ4v) is 1.83. The second-order valence-electron chi connectivity index (χ2n) is 5.42. The summed E-state index contributed by atoms with van der Waals surface area (Å²) in [5, 5.41) is 0. The Bertz CT molecular complexity index is 438. The summed E-state index contributed by atoms with van der Waals surface area (Å²) in [6.45, 7) is 9.15. The van der Waals surface area contributed by atoms with E-state index >= 15 is 0 Å². The molecule has 0 aromatic heterocycles. The van der Waals surface area contributed by atoms with Crippen molar-refractivity contribution >= 4 is 11.6 Å². The summed E-state index contributed by atoms with van der Waals surface area (Å²) in [6.07, 6.45) is 2.03. The number of benzene rings is 1. The third kappa shape index (κ3) is 3.39. The highest BCUT2D eigenvalue weighted by Gasteiger charge is 2.33. The van der Waals surface area contributed by atoms with E-state index in [2.05, 4.69) is 6.58 Å².